The molecule has 0 aromatic heterocycles. The number of methoxy groups -OCH3 is 2. The number of benzene rings is 2. The third-order valence-electron chi connectivity index (χ3n) is 3.04. The number of halogens is 2. The lowest BCUT2D eigenvalue weighted by Gasteiger charge is -2.07. The summed E-state index contributed by atoms with van der Waals surface area (Å²) in [5.74, 6) is 0.588. The van der Waals surface area contributed by atoms with Gasteiger partial charge in [0.2, 0.25) is 0 Å². The number of hydrogen-bond acceptors (Lipinski definition) is 5. The quantitative estimate of drug-likeness (QED) is 0.530. The van der Waals surface area contributed by atoms with Crippen LogP contribution >= 0.6 is 31.9 Å². The average molecular weight is 458 g/mol. The summed E-state index contributed by atoms with van der Waals surface area (Å²) in [7, 11) is 3.00. The second-order valence-corrected chi connectivity index (χ2v) is 6.40. The number of nitrogens with one attached hydrogen (secondary N) is 1. The highest BCUT2D eigenvalue weighted by atomic mass is 79.9. The summed E-state index contributed by atoms with van der Waals surface area (Å²) >= 11 is 6.55. The predicted molar refractivity (Wildman–Crippen MR) is 98.1 cm³/mol. The van der Waals surface area contributed by atoms with Gasteiger partial charge in [-0.15, -0.1) is 0 Å². The highest BCUT2D eigenvalue weighted by Crippen LogP contribution is 2.30. The van der Waals surface area contributed by atoms with E-state index in [9.17, 15) is 9.90 Å². The van der Waals surface area contributed by atoms with Gasteiger partial charge in [0, 0.05) is 21.7 Å². The van der Waals surface area contributed by atoms with Crippen molar-refractivity contribution >= 4 is 44.0 Å². The Morgan fingerprint density at radius 3 is 2.33 bits per heavy atom. The summed E-state index contributed by atoms with van der Waals surface area (Å²) in [6, 6.07) is 8.18. The first-order valence-corrected chi connectivity index (χ1v) is 8.27. The maximum atomic E-state index is 12.2. The van der Waals surface area contributed by atoms with Crippen LogP contribution in [0.2, 0.25) is 0 Å². The smallest absolute Gasteiger partial charge is 0.271 e. The summed E-state index contributed by atoms with van der Waals surface area (Å²) < 4.78 is 11.5. The third kappa shape index (κ3) is 4.48. The van der Waals surface area contributed by atoms with E-state index < -0.39 is 5.91 Å². The Hall–Kier alpha value is -2.06. The molecular weight excluding hydrogens is 444 g/mol. The van der Waals surface area contributed by atoms with Crippen LogP contribution in [0.15, 0.2) is 44.4 Å². The van der Waals surface area contributed by atoms with E-state index >= 15 is 0 Å². The van der Waals surface area contributed by atoms with Crippen molar-refractivity contribution in [2.45, 2.75) is 0 Å². The Kier molecular flexibility index (Phi) is 6.22. The van der Waals surface area contributed by atoms with Gasteiger partial charge >= 0.3 is 0 Å². The fraction of sp³-hybridized carbons (Fsp3) is 0.125. The van der Waals surface area contributed by atoms with Crippen molar-refractivity contribution in [2.75, 3.05) is 14.2 Å². The minimum absolute atomic E-state index is 0.0271. The first kappa shape index (κ1) is 18.3. The fourth-order valence-corrected chi connectivity index (χ4v) is 3.11. The van der Waals surface area contributed by atoms with Gasteiger partial charge in [-0.3, -0.25) is 4.79 Å². The zero-order valence-corrected chi connectivity index (χ0v) is 16.0. The lowest BCUT2D eigenvalue weighted by molar-refractivity contribution is 0.0954. The molecule has 2 N–H and O–H groups in total. The second-order valence-electron chi connectivity index (χ2n) is 4.63. The zero-order chi connectivity index (χ0) is 17.7. The minimum Gasteiger partial charge on any atom is -0.506 e. The van der Waals surface area contributed by atoms with Gasteiger partial charge in [0.1, 0.15) is 17.2 Å². The Labute approximate surface area is 155 Å². The monoisotopic (exact) mass is 456 g/mol. The summed E-state index contributed by atoms with van der Waals surface area (Å²) in [6.07, 6.45) is 1.35. The normalized spacial score (nSPS) is 10.7. The molecule has 126 valence electrons. The average Bonchev–Trinajstić information content (AvgIpc) is 2.58. The molecule has 0 saturated carbocycles. The maximum Gasteiger partial charge on any atom is 0.271 e. The molecule has 0 aliphatic heterocycles. The molecular formula is C16H14Br2N2O4. The molecule has 2 aromatic carbocycles. The van der Waals surface area contributed by atoms with Crippen LogP contribution < -0.4 is 14.9 Å². The van der Waals surface area contributed by atoms with Gasteiger partial charge in [-0.05, 0) is 40.2 Å². The van der Waals surface area contributed by atoms with Crippen LogP contribution in [-0.2, 0) is 0 Å². The first-order chi connectivity index (χ1) is 11.4. The van der Waals surface area contributed by atoms with E-state index in [1.807, 2.05) is 0 Å². The Bertz CT molecular complexity index is 772. The zero-order valence-electron chi connectivity index (χ0n) is 12.8. The lowest BCUT2D eigenvalue weighted by atomic mass is 10.2. The van der Waals surface area contributed by atoms with Gasteiger partial charge in [-0.2, -0.15) is 5.10 Å². The van der Waals surface area contributed by atoms with Crippen molar-refractivity contribution in [2.24, 2.45) is 5.10 Å². The molecule has 8 heteroatoms. The number of ether oxygens (including phenoxy) is 2. The van der Waals surface area contributed by atoms with Gasteiger partial charge in [0.15, 0.2) is 0 Å². The van der Waals surface area contributed by atoms with Crippen LogP contribution in [0.25, 0.3) is 0 Å². The van der Waals surface area contributed by atoms with Crippen LogP contribution in [0, 0.1) is 0 Å². The van der Waals surface area contributed by atoms with E-state index in [2.05, 4.69) is 42.4 Å². The van der Waals surface area contributed by atoms with Crippen molar-refractivity contribution in [1.82, 2.24) is 5.43 Å². The molecule has 24 heavy (non-hydrogen) atoms. The molecule has 1 amide bonds. The van der Waals surface area contributed by atoms with E-state index in [1.165, 1.54) is 20.4 Å². The number of phenols is 1. The number of carbonyl (C=O) groups is 1. The molecule has 2 rings (SSSR count). The highest BCUT2D eigenvalue weighted by molar-refractivity contribution is 9.11. The number of hydrazone groups is 1. The second kappa shape index (κ2) is 8.16. The first-order valence-electron chi connectivity index (χ1n) is 6.69. The number of carbonyl (C=O) groups excluding carboxylic acids is 1. The predicted octanol–water partition coefficient (Wildman–Crippen LogP) is 3.70. The molecule has 2 aromatic rings. The number of amides is 1. The summed E-state index contributed by atoms with van der Waals surface area (Å²) in [5.41, 5.74) is 3.17. The summed E-state index contributed by atoms with van der Waals surface area (Å²) in [4.78, 5) is 12.2. The van der Waals surface area contributed by atoms with Crippen LogP contribution in [0.3, 0.4) is 0 Å². The number of aromatic hydroxyl groups is 1. The molecule has 0 fully saturated rings. The van der Waals surface area contributed by atoms with Gasteiger partial charge in [-0.1, -0.05) is 15.9 Å². The molecule has 0 bridgehead atoms. The van der Waals surface area contributed by atoms with Gasteiger partial charge in [0.25, 0.3) is 5.91 Å². The molecule has 0 aliphatic carbocycles. The Morgan fingerprint density at radius 2 is 1.75 bits per heavy atom. The van der Waals surface area contributed by atoms with Gasteiger partial charge < -0.3 is 14.6 Å². The van der Waals surface area contributed by atoms with Crippen LogP contribution in [0.5, 0.6) is 17.2 Å². The molecule has 0 heterocycles. The molecule has 0 saturated heterocycles. The lowest BCUT2D eigenvalue weighted by Crippen LogP contribution is -2.17. The molecule has 6 nitrogen and oxygen atoms in total. The summed E-state index contributed by atoms with van der Waals surface area (Å²) in [6.45, 7) is 0. The molecule has 0 aliphatic rings. The molecule has 0 unspecified atom stereocenters. The van der Waals surface area contributed by atoms with Crippen molar-refractivity contribution in [1.29, 1.82) is 0 Å². The van der Waals surface area contributed by atoms with Crippen molar-refractivity contribution in [3.8, 4) is 17.2 Å². The standard InChI is InChI=1S/C16H14Br2N2O4/c1-23-12-4-9(5-13(7-12)24-2)16(22)20-19-8-10-3-11(17)6-14(18)15(10)21/h3-8,21H,1-2H3,(H,20,22)/b19-8-. The van der Waals surface area contributed by atoms with E-state index in [4.69, 9.17) is 9.47 Å². The van der Waals surface area contributed by atoms with E-state index in [1.54, 1.807) is 30.3 Å². The van der Waals surface area contributed by atoms with E-state index in [0.29, 0.717) is 27.1 Å². The molecule has 0 atom stereocenters. The Morgan fingerprint density at radius 1 is 1.12 bits per heavy atom. The minimum atomic E-state index is -0.433. The highest BCUT2D eigenvalue weighted by Gasteiger charge is 2.10. The summed E-state index contributed by atoms with van der Waals surface area (Å²) in [5, 5.41) is 13.8. The molecule has 0 spiro atoms. The SMILES string of the molecule is COc1cc(OC)cc(C(=O)N/N=C\c2cc(Br)cc(Br)c2O)c1. The number of phenolic OH excluding ortho intramolecular Hbond substituents is 1. The Balaban J connectivity index is 2.16. The van der Waals surface area contributed by atoms with Crippen LogP contribution in [-0.4, -0.2) is 31.4 Å². The van der Waals surface area contributed by atoms with Gasteiger partial charge in [0.05, 0.1) is 24.9 Å². The van der Waals surface area contributed by atoms with E-state index in [-0.39, 0.29) is 5.75 Å². The number of nitrogens with zero attached hydrogens (tertiary/aromatic N) is 1. The van der Waals surface area contributed by atoms with Gasteiger partial charge in [-0.25, -0.2) is 5.43 Å². The number of rotatable bonds is 5. The van der Waals surface area contributed by atoms with E-state index in [0.717, 1.165) is 4.47 Å². The topological polar surface area (TPSA) is 80.2 Å². The largest absolute Gasteiger partial charge is 0.506 e. The maximum absolute atomic E-state index is 12.2. The van der Waals surface area contributed by atoms with Crippen molar-refractivity contribution in [3.63, 3.8) is 0 Å². The fourth-order valence-electron chi connectivity index (χ4n) is 1.85. The third-order valence-corrected chi connectivity index (χ3v) is 4.10. The van der Waals surface area contributed by atoms with Crippen molar-refractivity contribution in [3.05, 3.63) is 50.4 Å². The molecule has 0 radical (unpaired) electrons. The van der Waals surface area contributed by atoms with Crippen LogP contribution in [0.4, 0.5) is 0 Å². The van der Waals surface area contributed by atoms with Crippen LogP contribution in [0.1, 0.15) is 15.9 Å². The number of hydrogen-bond donors (Lipinski definition) is 2. The van der Waals surface area contributed by atoms with Crippen molar-refractivity contribution < 1.29 is 19.4 Å².